The Kier molecular flexibility index (Phi) is 6.16. The van der Waals surface area contributed by atoms with E-state index in [-0.39, 0.29) is 6.42 Å². The van der Waals surface area contributed by atoms with Gasteiger partial charge in [-0.2, -0.15) is 0 Å². The van der Waals surface area contributed by atoms with Crippen LogP contribution in [0.25, 0.3) is 10.8 Å². The van der Waals surface area contributed by atoms with Crippen molar-refractivity contribution in [3.8, 4) is 5.75 Å². The first-order valence-electron chi connectivity index (χ1n) is 8.78. The fourth-order valence-corrected chi connectivity index (χ4v) is 3.04. The van der Waals surface area contributed by atoms with Crippen molar-refractivity contribution in [2.24, 2.45) is 0 Å². The van der Waals surface area contributed by atoms with Crippen LogP contribution < -0.4 is 10.1 Å². The Bertz CT molecular complexity index is 1020. The van der Waals surface area contributed by atoms with Crippen LogP contribution in [0.5, 0.6) is 5.75 Å². The van der Waals surface area contributed by atoms with Crippen LogP contribution in [-0.2, 0) is 20.7 Å². The van der Waals surface area contributed by atoms with Crippen LogP contribution in [0.3, 0.4) is 0 Å². The van der Waals surface area contributed by atoms with E-state index in [0.717, 1.165) is 10.8 Å². The number of methoxy groups -OCH3 is 1. The first-order valence-corrected chi connectivity index (χ1v) is 9.15. The summed E-state index contributed by atoms with van der Waals surface area (Å²) in [6, 6.07) is 18.5. The molecule has 0 aliphatic heterocycles. The monoisotopic (exact) mass is 397 g/mol. The lowest BCUT2D eigenvalue weighted by Gasteiger charge is -2.15. The number of halogens is 1. The SMILES string of the molecule is COc1ccc(Cl)cc1CC(=O)O[C@H](C)C(=O)Nc1ccc2ccccc2c1. The van der Waals surface area contributed by atoms with E-state index in [1.54, 1.807) is 18.2 Å². The fourth-order valence-electron chi connectivity index (χ4n) is 2.84. The second kappa shape index (κ2) is 8.76. The van der Waals surface area contributed by atoms with Gasteiger partial charge in [-0.15, -0.1) is 0 Å². The minimum atomic E-state index is -0.941. The molecule has 0 aromatic heterocycles. The van der Waals surface area contributed by atoms with Crippen molar-refractivity contribution in [1.29, 1.82) is 0 Å². The summed E-state index contributed by atoms with van der Waals surface area (Å²) in [5.74, 6) is -0.405. The van der Waals surface area contributed by atoms with Gasteiger partial charge in [-0.05, 0) is 48.0 Å². The standard InChI is InChI=1S/C22H20ClNO4/c1-14(28-21(25)13-17-11-18(23)8-10-20(17)27-2)22(26)24-19-9-7-15-5-3-4-6-16(15)12-19/h3-12,14H,13H2,1-2H3,(H,24,26)/t14-/m1/s1. The third kappa shape index (κ3) is 4.81. The second-order valence-electron chi connectivity index (χ2n) is 6.32. The van der Waals surface area contributed by atoms with Crippen molar-refractivity contribution in [2.75, 3.05) is 12.4 Å². The number of carbonyl (C=O) groups excluding carboxylic acids is 2. The van der Waals surface area contributed by atoms with E-state index in [9.17, 15) is 9.59 Å². The maximum Gasteiger partial charge on any atom is 0.311 e. The number of hydrogen-bond acceptors (Lipinski definition) is 4. The topological polar surface area (TPSA) is 64.6 Å². The zero-order chi connectivity index (χ0) is 20.1. The Labute approximate surface area is 168 Å². The number of benzene rings is 3. The smallest absolute Gasteiger partial charge is 0.311 e. The number of fused-ring (bicyclic) bond motifs is 1. The molecule has 0 aliphatic carbocycles. The maximum atomic E-state index is 12.4. The predicted molar refractivity (Wildman–Crippen MR) is 110 cm³/mol. The van der Waals surface area contributed by atoms with Gasteiger partial charge in [-0.1, -0.05) is 41.9 Å². The third-order valence-electron chi connectivity index (χ3n) is 4.27. The zero-order valence-electron chi connectivity index (χ0n) is 15.6. The molecule has 0 saturated heterocycles. The second-order valence-corrected chi connectivity index (χ2v) is 6.75. The number of hydrogen-bond donors (Lipinski definition) is 1. The molecule has 3 rings (SSSR count). The van der Waals surface area contributed by atoms with Gasteiger partial charge in [0.05, 0.1) is 13.5 Å². The highest BCUT2D eigenvalue weighted by atomic mass is 35.5. The predicted octanol–water partition coefficient (Wildman–Crippen LogP) is 4.61. The van der Waals surface area contributed by atoms with Gasteiger partial charge in [0.15, 0.2) is 6.10 Å². The minimum absolute atomic E-state index is 0.0443. The molecule has 28 heavy (non-hydrogen) atoms. The summed E-state index contributed by atoms with van der Waals surface area (Å²) in [5.41, 5.74) is 1.24. The Hall–Kier alpha value is -3.05. The Morgan fingerprint density at radius 1 is 1.04 bits per heavy atom. The van der Waals surface area contributed by atoms with Crippen molar-refractivity contribution in [2.45, 2.75) is 19.4 Å². The van der Waals surface area contributed by atoms with Crippen LogP contribution in [0.15, 0.2) is 60.7 Å². The van der Waals surface area contributed by atoms with Gasteiger partial charge >= 0.3 is 5.97 Å². The molecule has 144 valence electrons. The average molecular weight is 398 g/mol. The van der Waals surface area contributed by atoms with Crippen LogP contribution in [0, 0.1) is 0 Å². The molecular formula is C22H20ClNO4. The van der Waals surface area contributed by atoms with Crippen molar-refractivity contribution >= 4 is 39.9 Å². The Morgan fingerprint density at radius 2 is 1.79 bits per heavy atom. The van der Waals surface area contributed by atoms with Gasteiger partial charge < -0.3 is 14.8 Å². The van der Waals surface area contributed by atoms with E-state index in [1.165, 1.54) is 14.0 Å². The summed E-state index contributed by atoms with van der Waals surface area (Å²) in [6.07, 6.45) is -0.985. The number of ether oxygens (including phenoxy) is 2. The largest absolute Gasteiger partial charge is 0.496 e. The molecular weight excluding hydrogens is 378 g/mol. The lowest BCUT2D eigenvalue weighted by Crippen LogP contribution is -2.30. The van der Waals surface area contributed by atoms with E-state index < -0.39 is 18.0 Å². The van der Waals surface area contributed by atoms with E-state index in [4.69, 9.17) is 21.1 Å². The van der Waals surface area contributed by atoms with Crippen LogP contribution in [0.2, 0.25) is 5.02 Å². The molecule has 0 saturated carbocycles. The number of carbonyl (C=O) groups is 2. The first-order chi connectivity index (χ1) is 13.5. The van der Waals surface area contributed by atoms with Crippen molar-refractivity contribution < 1.29 is 19.1 Å². The molecule has 3 aromatic carbocycles. The number of amides is 1. The average Bonchev–Trinajstić information content (AvgIpc) is 2.68. The molecule has 0 radical (unpaired) electrons. The number of nitrogens with one attached hydrogen (secondary N) is 1. The van der Waals surface area contributed by atoms with Crippen molar-refractivity contribution in [3.05, 3.63) is 71.2 Å². The van der Waals surface area contributed by atoms with Crippen molar-refractivity contribution in [1.82, 2.24) is 0 Å². The van der Waals surface area contributed by atoms with Gasteiger partial charge in [-0.3, -0.25) is 9.59 Å². The van der Waals surface area contributed by atoms with E-state index >= 15 is 0 Å². The number of rotatable bonds is 6. The number of esters is 1. The molecule has 1 atom stereocenters. The first kappa shape index (κ1) is 19.7. The summed E-state index contributed by atoms with van der Waals surface area (Å²) in [6.45, 7) is 1.53. The molecule has 0 fully saturated rings. The molecule has 0 heterocycles. The lowest BCUT2D eigenvalue weighted by atomic mass is 10.1. The van der Waals surface area contributed by atoms with Gasteiger partial charge in [0.2, 0.25) is 0 Å². The van der Waals surface area contributed by atoms with Gasteiger partial charge in [0.1, 0.15) is 5.75 Å². The molecule has 6 heteroatoms. The highest BCUT2D eigenvalue weighted by Crippen LogP contribution is 2.23. The summed E-state index contributed by atoms with van der Waals surface area (Å²) in [7, 11) is 1.51. The molecule has 0 aliphatic rings. The Balaban J connectivity index is 1.61. The van der Waals surface area contributed by atoms with Gasteiger partial charge in [0, 0.05) is 16.3 Å². The fraction of sp³-hybridized carbons (Fsp3) is 0.182. The highest BCUT2D eigenvalue weighted by Gasteiger charge is 2.19. The van der Waals surface area contributed by atoms with Gasteiger partial charge in [0.25, 0.3) is 5.91 Å². The summed E-state index contributed by atoms with van der Waals surface area (Å²) in [4.78, 5) is 24.6. The normalized spacial score (nSPS) is 11.7. The van der Waals surface area contributed by atoms with E-state index in [1.807, 2.05) is 42.5 Å². The molecule has 0 unspecified atom stereocenters. The van der Waals surface area contributed by atoms with E-state index in [2.05, 4.69) is 5.32 Å². The third-order valence-corrected chi connectivity index (χ3v) is 4.51. The molecule has 0 bridgehead atoms. The van der Waals surface area contributed by atoms with Crippen LogP contribution in [0.1, 0.15) is 12.5 Å². The highest BCUT2D eigenvalue weighted by molar-refractivity contribution is 6.30. The minimum Gasteiger partial charge on any atom is -0.496 e. The molecule has 5 nitrogen and oxygen atoms in total. The lowest BCUT2D eigenvalue weighted by molar-refractivity contribution is -0.152. The van der Waals surface area contributed by atoms with Crippen LogP contribution in [0.4, 0.5) is 5.69 Å². The molecule has 3 aromatic rings. The summed E-state index contributed by atoms with van der Waals surface area (Å²) >= 11 is 5.97. The summed E-state index contributed by atoms with van der Waals surface area (Å²) in [5, 5.41) is 5.36. The summed E-state index contributed by atoms with van der Waals surface area (Å²) < 4.78 is 10.5. The van der Waals surface area contributed by atoms with Crippen LogP contribution >= 0.6 is 11.6 Å². The van der Waals surface area contributed by atoms with E-state index in [0.29, 0.717) is 22.0 Å². The molecule has 1 amide bonds. The Morgan fingerprint density at radius 3 is 2.54 bits per heavy atom. The molecule has 1 N–H and O–H groups in total. The maximum absolute atomic E-state index is 12.4. The van der Waals surface area contributed by atoms with Crippen LogP contribution in [-0.4, -0.2) is 25.1 Å². The number of anilines is 1. The zero-order valence-corrected chi connectivity index (χ0v) is 16.3. The molecule has 0 spiro atoms. The van der Waals surface area contributed by atoms with Crippen molar-refractivity contribution in [3.63, 3.8) is 0 Å². The van der Waals surface area contributed by atoms with Gasteiger partial charge in [-0.25, -0.2) is 0 Å². The quantitative estimate of drug-likeness (QED) is 0.616.